The van der Waals surface area contributed by atoms with E-state index in [-0.39, 0.29) is 0 Å². The fourth-order valence-electron chi connectivity index (χ4n) is 0.634. The third-order valence-corrected chi connectivity index (χ3v) is 1.90. The van der Waals surface area contributed by atoms with Gasteiger partial charge in [-0.2, -0.15) is 13.2 Å². The summed E-state index contributed by atoms with van der Waals surface area (Å²) in [5.41, 5.74) is -0.825. The van der Waals surface area contributed by atoms with Crippen molar-refractivity contribution in [1.29, 1.82) is 0 Å². The molecule has 1 heterocycles. The minimum Gasteiger partial charge on any atom is -0.253 e. The maximum absolute atomic E-state index is 12.0. The first-order valence-electron chi connectivity index (χ1n) is 3.03. The van der Waals surface area contributed by atoms with E-state index in [0.29, 0.717) is 4.90 Å². The molecule has 0 saturated carbocycles. The Kier molecular flexibility index (Phi) is 2.62. The highest BCUT2D eigenvalue weighted by atomic mass is 32.2. The van der Waals surface area contributed by atoms with Crippen LogP contribution in [0.3, 0.4) is 0 Å². The van der Waals surface area contributed by atoms with Gasteiger partial charge in [0.05, 0.1) is 5.56 Å². The van der Waals surface area contributed by atoms with Gasteiger partial charge >= 0.3 is 6.18 Å². The third kappa shape index (κ3) is 2.14. The lowest BCUT2D eigenvalue weighted by molar-refractivity contribution is -0.138. The Balaban J connectivity index is 3.02. The fourth-order valence-corrected chi connectivity index (χ4v) is 1.03. The molecular weight excluding hydrogens is 187 g/mol. The molecule has 1 rings (SSSR count). The molecule has 0 aliphatic heterocycles. The molecule has 1 aromatic rings. The third-order valence-electron chi connectivity index (χ3n) is 1.20. The Labute approximate surface area is 72.0 Å². The molecule has 12 heavy (non-hydrogen) atoms. The lowest BCUT2D eigenvalue weighted by Crippen LogP contribution is -2.05. The molecule has 0 fully saturated rings. The zero-order valence-corrected chi connectivity index (χ0v) is 6.96. The van der Waals surface area contributed by atoms with Gasteiger partial charge < -0.3 is 0 Å². The van der Waals surface area contributed by atoms with Crippen LogP contribution in [0, 0.1) is 6.20 Å². The predicted octanol–water partition coefficient (Wildman–Crippen LogP) is 2.62. The summed E-state index contributed by atoms with van der Waals surface area (Å²) >= 11 is 1.22. The van der Waals surface area contributed by atoms with E-state index in [4.69, 9.17) is 0 Å². The minimum atomic E-state index is -4.35. The maximum Gasteiger partial charge on any atom is 0.418 e. The summed E-state index contributed by atoms with van der Waals surface area (Å²) in [5.74, 6) is 0. The predicted molar refractivity (Wildman–Crippen MR) is 39.9 cm³/mol. The van der Waals surface area contributed by atoms with Crippen LogP contribution >= 0.6 is 11.8 Å². The normalized spacial score (nSPS) is 11.7. The molecule has 65 valence electrons. The highest BCUT2D eigenvalue weighted by Gasteiger charge is 2.31. The molecule has 0 spiro atoms. The van der Waals surface area contributed by atoms with Crippen molar-refractivity contribution in [2.75, 3.05) is 6.26 Å². The van der Waals surface area contributed by atoms with Gasteiger partial charge in [0, 0.05) is 11.1 Å². The number of rotatable bonds is 1. The molecular formula is C7H5F3NS. The van der Waals surface area contributed by atoms with E-state index in [1.54, 1.807) is 6.26 Å². The second kappa shape index (κ2) is 3.35. The summed E-state index contributed by atoms with van der Waals surface area (Å²) in [7, 11) is 0. The van der Waals surface area contributed by atoms with Crippen LogP contribution in [0.25, 0.3) is 0 Å². The highest BCUT2D eigenvalue weighted by molar-refractivity contribution is 7.98. The number of hydrogen-bond donors (Lipinski definition) is 0. The number of thioether (sulfide) groups is 1. The van der Waals surface area contributed by atoms with E-state index in [9.17, 15) is 13.2 Å². The summed E-state index contributed by atoms with van der Waals surface area (Å²) in [6.07, 6.45) is 0.585. The van der Waals surface area contributed by atoms with Gasteiger partial charge in [-0.05, 0) is 12.3 Å². The molecule has 1 nitrogen and oxygen atoms in total. The van der Waals surface area contributed by atoms with E-state index >= 15 is 0 Å². The Morgan fingerprint density at radius 2 is 2.17 bits per heavy atom. The monoisotopic (exact) mass is 192 g/mol. The largest absolute Gasteiger partial charge is 0.418 e. The van der Waals surface area contributed by atoms with Crippen LogP contribution in [0.1, 0.15) is 5.56 Å². The average Bonchev–Trinajstić information content (AvgIpc) is 2.03. The van der Waals surface area contributed by atoms with Crippen LogP contribution in [0.5, 0.6) is 0 Å². The number of nitrogens with zero attached hydrogens (tertiary/aromatic N) is 1. The van der Waals surface area contributed by atoms with Gasteiger partial charge in [-0.25, -0.2) is 0 Å². The quantitative estimate of drug-likeness (QED) is 0.634. The van der Waals surface area contributed by atoms with Crippen LogP contribution in [-0.4, -0.2) is 11.2 Å². The molecule has 0 atom stereocenters. The van der Waals surface area contributed by atoms with Crippen LogP contribution in [0.15, 0.2) is 17.2 Å². The molecule has 1 radical (unpaired) electrons. The molecule has 0 aliphatic rings. The summed E-state index contributed by atoms with van der Waals surface area (Å²) in [6.45, 7) is 0. The SMILES string of the molecule is CSc1cn[c]c(C(F)(F)F)c1. The van der Waals surface area contributed by atoms with E-state index in [1.807, 2.05) is 6.20 Å². The summed E-state index contributed by atoms with van der Waals surface area (Å²) in [4.78, 5) is 3.84. The zero-order chi connectivity index (χ0) is 9.19. The molecule has 0 aliphatic carbocycles. The fraction of sp³-hybridized carbons (Fsp3) is 0.286. The minimum absolute atomic E-state index is 0.487. The zero-order valence-electron chi connectivity index (χ0n) is 6.14. The number of pyridine rings is 1. The Morgan fingerprint density at radius 1 is 1.50 bits per heavy atom. The second-order valence-electron chi connectivity index (χ2n) is 2.03. The molecule has 0 amide bonds. The average molecular weight is 192 g/mol. The van der Waals surface area contributed by atoms with Gasteiger partial charge in [0.1, 0.15) is 6.20 Å². The van der Waals surface area contributed by atoms with Crippen molar-refractivity contribution in [3.8, 4) is 0 Å². The smallest absolute Gasteiger partial charge is 0.253 e. The van der Waals surface area contributed by atoms with Crippen molar-refractivity contribution < 1.29 is 13.2 Å². The number of halogens is 3. The van der Waals surface area contributed by atoms with Crippen molar-refractivity contribution in [1.82, 2.24) is 4.98 Å². The van der Waals surface area contributed by atoms with Crippen LogP contribution in [0.4, 0.5) is 13.2 Å². The lowest BCUT2D eigenvalue weighted by atomic mass is 10.3. The van der Waals surface area contributed by atoms with Crippen molar-refractivity contribution in [2.45, 2.75) is 11.1 Å². The molecule has 1 aromatic heterocycles. The van der Waals surface area contributed by atoms with Gasteiger partial charge in [-0.1, -0.05) is 0 Å². The van der Waals surface area contributed by atoms with Crippen molar-refractivity contribution in [3.05, 3.63) is 24.0 Å². The molecule has 0 bridgehead atoms. The standard InChI is InChI=1S/C7H5F3NS/c1-12-6-2-5(3-11-4-6)7(8,9)10/h2,4H,1H3. The lowest BCUT2D eigenvalue weighted by Gasteiger charge is -2.05. The van der Waals surface area contributed by atoms with Crippen molar-refractivity contribution in [3.63, 3.8) is 0 Å². The first-order valence-corrected chi connectivity index (χ1v) is 4.25. The summed E-state index contributed by atoms with van der Waals surface area (Å²) in [5, 5.41) is 0. The van der Waals surface area contributed by atoms with Crippen molar-refractivity contribution >= 4 is 11.8 Å². The van der Waals surface area contributed by atoms with Crippen LogP contribution < -0.4 is 0 Å². The highest BCUT2D eigenvalue weighted by Crippen LogP contribution is 2.30. The first kappa shape index (κ1) is 9.38. The van der Waals surface area contributed by atoms with E-state index in [1.165, 1.54) is 18.0 Å². The van der Waals surface area contributed by atoms with Gasteiger partial charge in [0.2, 0.25) is 0 Å². The van der Waals surface area contributed by atoms with Crippen molar-refractivity contribution in [2.24, 2.45) is 0 Å². The number of alkyl halides is 3. The van der Waals surface area contributed by atoms with E-state index < -0.39 is 11.7 Å². The molecule has 0 aromatic carbocycles. The van der Waals surface area contributed by atoms with E-state index in [2.05, 4.69) is 4.98 Å². The van der Waals surface area contributed by atoms with E-state index in [0.717, 1.165) is 6.07 Å². The van der Waals surface area contributed by atoms with Crippen LogP contribution in [0.2, 0.25) is 0 Å². The summed E-state index contributed by atoms with van der Waals surface area (Å²) < 4.78 is 36.1. The molecule has 0 N–H and O–H groups in total. The van der Waals surface area contributed by atoms with Gasteiger partial charge in [-0.3, -0.25) is 4.98 Å². The molecule has 0 saturated heterocycles. The first-order chi connectivity index (χ1) is 5.54. The Morgan fingerprint density at radius 3 is 2.67 bits per heavy atom. The second-order valence-corrected chi connectivity index (χ2v) is 2.91. The van der Waals surface area contributed by atoms with Gasteiger partial charge in [-0.15, -0.1) is 11.8 Å². The number of aromatic nitrogens is 1. The van der Waals surface area contributed by atoms with Gasteiger partial charge in [0.15, 0.2) is 0 Å². The summed E-state index contributed by atoms with van der Waals surface area (Å²) in [6, 6.07) is 1.03. The Hall–Kier alpha value is -0.710. The van der Waals surface area contributed by atoms with Crippen LogP contribution in [-0.2, 0) is 6.18 Å². The topological polar surface area (TPSA) is 12.9 Å². The number of hydrogen-bond acceptors (Lipinski definition) is 2. The molecule has 0 unspecified atom stereocenters. The molecule has 5 heteroatoms. The van der Waals surface area contributed by atoms with Gasteiger partial charge in [0.25, 0.3) is 0 Å². The Bertz CT molecular complexity index is 272. The maximum atomic E-state index is 12.0.